The van der Waals surface area contributed by atoms with Crippen molar-refractivity contribution in [3.05, 3.63) is 72.1 Å². The number of aromatic nitrogens is 1. The summed E-state index contributed by atoms with van der Waals surface area (Å²) in [7, 11) is 3.46. The fraction of sp³-hybridized carbons (Fsp3) is 0.360. The number of carbonyl (C=O) groups is 1. The lowest BCUT2D eigenvalue weighted by atomic mass is 10.0. The lowest BCUT2D eigenvalue weighted by molar-refractivity contribution is -0.672. The van der Waals surface area contributed by atoms with E-state index in [4.69, 9.17) is 0 Å². The van der Waals surface area contributed by atoms with Crippen molar-refractivity contribution < 1.29 is 22.5 Å². The molecule has 7 heteroatoms. The molecule has 2 rings (SSSR count). The Morgan fingerprint density at radius 3 is 2.09 bits per heavy atom. The maximum Gasteiger partial charge on any atom is 0.416 e. The van der Waals surface area contributed by atoms with Crippen molar-refractivity contribution in [3.8, 4) is 0 Å². The van der Waals surface area contributed by atoms with E-state index in [9.17, 15) is 18.0 Å². The number of nitrogens with zero attached hydrogens (tertiary/aromatic N) is 1. The maximum atomic E-state index is 12.7. The first kappa shape index (κ1) is 29.1. The fourth-order valence-electron chi connectivity index (χ4n) is 2.87. The average Bonchev–Trinajstić information content (AvgIpc) is 2.79. The molecule has 0 unspecified atom stereocenters. The highest BCUT2D eigenvalue weighted by Gasteiger charge is 2.30. The number of pyridine rings is 1. The van der Waals surface area contributed by atoms with Gasteiger partial charge in [-0.25, -0.2) is 0 Å². The topological polar surface area (TPSA) is 45.0 Å². The summed E-state index contributed by atoms with van der Waals surface area (Å²) in [6.45, 7) is 15.5. The van der Waals surface area contributed by atoms with Crippen LogP contribution in [-0.2, 0) is 24.4 Å². The van der Waals surface area contributed by atoms with Crippen molar-refractivity contribution in [1.29, 1.82) is 0 Å². The van der Waals surface area contributed by atoms with Crippen molar-refractivity contribution in [2.75, 3.05) is 12.4 Å². The summed E-state index contributed by atoms with van der Waals surface area (Å²) in [6, 6.07) is 5.99. The molecular formula is C25H35F3N3O+. The molecule has 0 saturated carbocycles. The van der Waals surface area contributed by atoms with Crippen LogP contribution in [0.3, 0.4) is 0 Å². The van der Waals surface area contributed by atoms with Gasteiger partial charge in [0.25, 0.3) is 0 Å². The number of benzene rings is 1. The maximum absolute atomic E-state index is 12.7. The van der Waals surface area contributed by atoms with Gasteiger partial charge < -0.3 is 10.6 Å². The van der Waals surface area contributed by atoms with E-state index >= 15 is 0 Å². The van der Waals surface area contributed by atoms with Gasteiger partial charge in [-0.05, 0) is 37.2 Å². The van der Waals surface area contributed by atoms with Crippen LogP contribution in [0.5, 0.6) is 0 Å². The van der Waals surface area contributed by atoms with Gasteiger partial charge >= 0.3 is 6.18 Å². The zero-order valence-corrected chi connectivity index (χ0v) is 19.8. The number of aryl methyl sites for hydroxylation is 1. The van der Waals surface area contributed by atoms with Gasteiger partial charge in [-0.1, -0.05) is 59.1 Å². The second-order valence-corrected chi connectivity index (χ2v) is 6.32. The summed E-state index contributed by atoms with van der Waals surface area (Å²) in [5, 5.41) is 5.74. The molecule has 2 N–H and O–H groups in total. The Labute approximate surface area is 189 Å². The number of hydrogen-bond acceptors (Lipinski definition) is 2. The first-order valence-electron chi connectivity index (χ1n) is 10.6. The van der Waals surface area contributed by atoms with Gasteiger partial charge in [0.2, 0.25) is 11.6 Å². The van der Waals surface area contributed by atoms with E-state index in [1.54, 1.807) is 31.5 Å². The molecule has 4 nitrogen and oxygen atoms in total. The molecule has 32 heavy (non-hydrogen) atoms. The van der Waals surface area contributed by atoms with E-state index in [1.807, 2.05) is 39.3 Å². The van der Waals surface area contributed by atoms with E-state index in [-0.39, 0.29) is 12.3 Å². The molecular weight excluding hydrogens is 415 g/mol. The minimum atomic E-state index is -4.38. The lowest BCUT2D eigenvalue weighted by Gasteiger charge is -2.16. The molecule has 1 aromatic heterocycles. The third kappa shape index (κ3) is 8.30. The van der Waals surface area contributed by atoms with E-state index in [2.05, 4.69) is 23.8 Å². The van der Waals surface area contributed by atoms with Crippen LogP contribution in [0.25, 0.3) is 12.2 Å². The van der Waals surface area contributed by atoms with Gasteiger partial charge in [-0.2, -0.15) is 17.7 Å². The number of hydrogen-bond donors (Lipinski definition) is 2. The Bertz CT molecular complexity index is 875. The van der Waals surface area contributed by atoms with E-state index in [0.717, 1.165) is 23.4 Å². The normalized spacial score (nSPS) is 11.2. The van der Waals surface area contributed by atoms with Gasteiger partial charge in [0.05, 0.1) is 11.6 Å². The second kappa shape index (κ2) is 14.2. The fourth-order valence-corrected chi connectivity index (χ4v) is 2.87. The number of halogens is 3. The molecule has 0 radical (unpaired) electrons. The molecule has 1 amide bonds. The molecule has 2 aromatic rings. The monoisotopic (exact) mass is 450 g/mol. The zero-order valence-electron chi connectivity index (χ0n) is 19.8. The molecule has 0 fully saturated rings. The molecule has 0 saturated heterocycles. The number of carbonyl (C=O) groups excluding carboxylic acids is 1. The molecule has 1 aromatic carbocycles. The lowest BCUT2D eigenvalue weighted by Crippen LogP contribution is -2.41. The molecule has 1 atom stereocenters. The van der Waals surface area contributed by atoms with Gasteiger partial charge in [0.15, 0.2) is 6.20 Å². The van der Waals surface area contributed by atoms with Crippen LogP contribution in [0.1, 0.15) is 50.1 Å². The summed E-state index contributed by atoms with van der Waals surface area (Å²) in [4.78, 5) is 12.6. The van der Waals surface area contributed by atoms with E-state index in [1.165, 1.54) is 12.1 Å². The van der Waals surface area contributed by atoms with Crippen LogP contribution < -0.4 is 15.2 Å². The summed E-state index contributed by atoms with van der Waals surface area (Å²) in [5.74, 6) is -0.288. The first-order valence-corrected chi connectivity index (χ1v) is 10.6. The number of likely N-dealkylation sites (N-methyl/N-ethyl adjacent to an activating group) is 1. The highest BCUT2D eigenvalue weighted by molar-refractivity contribution is 5.95. The van der Waals surface area contributed by atoms with Crippen LogP contribution in [0.15, 0.2) is 49.7 Å². The zero-order chi connectivity index (χ0) is 24.9. The van der Waals surface area contributed by atoms with Crippen LogP contribution in [0.4, 0.5) is 18.9 Å². The van der Waals surface area contributed by atoms with E-state index < -0.39 is 17.8 Å². The number of anilines is 1. The van der Waals surface area contributed by atoms with E-state index in [0.29, 0.717) is 11.3 Å². The van der Waals surface area contributed by atoms with Crippen molar-refractivity contribution in [1.82, 2.24) is 5.32 Å². The highest BCUT2D eigenvalue weighted by Crippen LogP contribution is 2.29. The first-order chi connectivity index (χ1) is 15.2. The van der Waals surface area contributed by atoms with Gasteiger partial charge in [0, 0.05) is 11.6 Å². The number of nitrogens with one attached hydrogen (secondary N) is 2. The van der Waals surface area contributed by atoms with Crippen molar-refractivity contribution in [2.24, 2.45) is 7.05 Å². The van der Waals surface area contributed by atoms with Crippen LogP contribution in [0, 0.1) is 0 Å². The molecule has 176 valence electrons. The van der Waals surface area contributed by atoms with Crippen LogP contribution >= 0.6 is 0 Å². The Morgan fingerprint density at radius 1 is 1.09 bits per heavy atom. The summed E-state index contributed by atoms with van der Waals surface area (Å²) < 4.78 is 39.9. The number of alkyl halides is 3. The molecule has 0 bridgehead atoms. The standard InChI is InChI=1S/C21H22F3N3O.2C2H6/c1-5-15-12-17(13-27(4)19(15)6-2)26-20(28)18(25-3)11-14-7-9-16(10-8-14)21(22,23)24;2*1-2/h5-10,12-13,18,25H,1-2,11H2,3-4H3;2*1-2H3/p+1/t18-;;/m0../s1. The largest absolute Gasteiger partial charge is 0.416 e. The smallest absolute Gasteiger partial charge is 0.320 e. The van der Waals surface area contributed by atoms with Gasteiger partial charge in [0.1, 0.15) is 12.7 Å². The molecule has 0 aliphatic carbocycles. The van der Waals surface area contributed by atoms with Crippen LogP contribution in [0.2, 0.25) is 0 Å². The summed E-state index contributed by atoms with van der Waals surface area (Å²) in [5.41, 5.74) is 2.18. The second-order valence-electron chi connectivity index (χ2n) is 6.32. The molecule has 0 aliphatic rings. The quantitative estimate of drug-likeness (QED) is 0.537. The van der Waals surface area contributed by atoms with Crippen LogP contribution in [-0.4, -0.2) is 19.0 Å². The third-order valence-electron chi connectivity index (χ3n) is 4.39. The predicted octanol–water partition coefficient (Wildman–Crippen LogP) is 5.64. The van der Waals surface area contributed by atoms with Gasteiger partial charge in [-0.15, -0.1) is 0 Å². The Morgan fingerprint density at radius 2 is 1.66 bits per heavy atom. The van der Waals surface area contributed by atoms with Crippen molar-refractivity contribution in [2.45, 2.75) is 46.3 Å². The van der Waals surface area contributed by atoms with Gasteiger partial charge in [-0.3, -0.25) is 4.79 Å². The predicted molar refractivity (Wildman–Crippen MR) is 127 cm³/mol. The molecule has 1 heterocycles. The minimum Gasteiger partial charge on any atom is -0.320 e. The summed E-state index contributed by atoms with van der Waals surface area (Å²) >= 11 is 0. The third-order valence-corrected chi connectivity index (χ3v) is 4.39. The highest BCUT2D eigenvalue weighted by atomic mass is 19.4. The Balaban J connectivity index is 0.00000227. The molecule has 0 aliphatic heterocycles. The number of amides is 1. The summed E-state index contributed by atoms with van der Waals surface area (Å²) in [6.07, 6.45) is 1.00. The number of rotatable bonds is 7. The average molecular weight is 451 g/mol. The Kier molecular flexibility index (Phi) is 12.9. The SMILES string of the molecule is C=Cc1cc(NC(=O)[C@H](Cc2ccc(C(F)(F)F)cc2)NC)c[n+](C)c1C=C.CC.CC. The Hall–Kier alpha value is -2.93. The van der Waals surface area contributed by atoms with Crippen molar-refractivity contribution in [3.63, 3.8) is 0 Å². The minimum absolute atomic E-state index is 0.256. The molecule has 0 spiro atoms. The van der Waals surface area contributed by atoms with Crippen molar-refractivity contribution >= 4 is 23.7 Å².